The monoisotopic (exact) mass is 468 g/mol. The number of benzene rings is 3. The van der Waals surface area contributed by atoms with Gasteiger partial charge in [0.1, 0.15) is 18.1 Å². The fourth-order valence-corrected chi connectivity index (χ4v) is 3.94. The second-order valence-corrected chi connectivity index (χ2v) is 8.44. The van der Waals surface area contributed by atoms with E-state index in [-0.39, 0.29) is 19.1 Å². The number of hydrogen-bond acceptors (Lipinski definition) is 5. The van der Waals surface area contributed by atoms with Crippen molar-refractivity contribution in [1.29, 1.82) is 0 Å². The molecule has 0 saturated heterocycles. The number of nitrogens with zero attached hydrogens (tertiary/aromatic N) is 2. The normalized spacial score (nSPS) is 10.9. The summed E-state index contributed by atoms with van der Waals surface area (Å²) < 4.78 is 18.1. The van der Waals surface area contributed by atoms with Crippen LogP contribution >= 0.6 is 0 Å². The van der Waals surface area contributed by atoms with Crippen molar-refractivity contribution in [3.8, 4) is 35.1 Å². The number of aromatic nitrogens is 2. The quantitative estimate of drug-likeness (QED) is 0.249. The minimum Gasteiger partial charge on any atom is -0.481 e. The zero-order valence-corrected chi connectivity index (χ0v) is 20.2. The van der Waals surface area contributed by atoms with Crippen LogP contribution < -0.4 is 15.2 Å². The third kappa shape index (κ3) is 5.37. The van der Waals surface area contributed by atoms with Crippen molar-refractivity contribution in [2.24, 2.45) is 0 Å². The van der Waals surface area contributed by atoms with Crippen LogP contribution in [-0.2, 0) is 11.3 Å². The maximum Gasteiger partial charge on any atom is 0.348 e. The van der Waals surface area contributed by atoms with E-state index in [1.165, 1.54) is 5.56 Å². The first-order valence-corrected chi connectivity index (χ1v) is 11.4. The number of fused-ring (bicyclic) bond motifs is 1. The Balaban J connectivity index is 1.86. The maximum atomic E-state index is 13.3. The third-order valence-corrected chi connectivity index (χ3v) is 5.76. The third-order valence-electron chi connectivity index (χ3n) is 5.76. The van der Waals surface area contributed by atoms with Crippen LogP contribution in [0.25, 0.3) is 22.2 Å². The van der Waals surface area contributed by atoms with Gasteiger partial charge in [-0.05, 0) is 35.7 Å². The molecule has 0 aliphatic rings. The predicted molar refractivity (Wildman–Crippen MR) is 138 cm³/mol. The molecule has 6 nitrogen and oxygen atoms in total. The summed E-state index contributed by atoms with van der Waals surface area (Å²) in [7, 11) is 1.57. The van der Waals surface area contributed by atoms with E-state index in [1.54, 1.807) is 11.7 Å². The summed E-state index contributed by atoms with van der Waals surface area (Å²) in [5, 5.41) is 0.798. The highest BCUT2D eigenvalue weighted by Crippen LogP contribution is 2.30. The number of methoxy groups -OCH3 is 1. The smallest absolute Gasteiger partial charge is 0.348 e. The Morgan fingerprint density at radius 1 is 1.03 bits per heavy atom. The van der Waals surface area contributed by atoms with Crippen molar-refractivity contribution in [3.05, 3.63) is 88.3 Å². The number of hydrogen-bond donors (Lipinski definition) is 0. The van der Waals surface area contributed by atoms with E-state index in [0.717, 1.165) is 22.0 Å². The summed E-state index contributed by atoms with van der Waals surface area (Å²) in [5.41, 5.74) is 3.92. The number of terminal acetylenes is 1. The van der Waals surface area contributed by atoms with E-state index in [4.69, 9.17) is 20.6 Å². The van der Waals surface area contributed by atoms with Gasteiger partial charge >= 0.3 is 5.69 Å². The molecule has 3 aromatic carbocycles. The lowest BCUT2D eigenvalue weighted by atomic mass is 9.99. The van der Waals surface area contributed by atoms with Crippen LogP contribution in [0.2, 0.25) is 0 Å². The van der Waals surface area contributed by atoms with E-state index in [2.05, 4.69) is 36.9 Å². The second-order valence-electron chi connectivity index (χ2n) is 8.44. The van der Waals surface area contributed by atoms with Gasteiger partial charge in [-0.15, -0.1) is 6.42 Å². The number of para-hydroxylation sites is 1. The van der Waals surface area contributed by atoms with Gasteiger partial charge in [0.25, 0.3) is 0 Å². The number of ether oxygens (including phenoxy) is 3. The Bertz CT molecular complexity index is 1420. The molecule has 0 spiro atoms. The summed E-state index contributed by atoms with van der Waals surface area (Å²) in [6.45, 7) is 4.85. The van der Waals surface area contributed by atoms with Crippen LogP contribution in [-0.4, -0.2) is 30.1 Å². The molecule has 0 fully saturated rings. The lowest BCUT2D eigenvalue weighted by Crippen LogP contribution is -2.25. The molecule has 0 bridgehead atoms. The Hall–Kier alpha value is -4.08. The molecule has 6 heteroatoms. The molecule has 1 heterocycles. The first-order chi connectivity index (χ1) is 17.0. The fourth-order valence-electron chi connectivity index (χ4n) is 3.94. The molecule has 0 atom stereocenters. The average molecular weight is 469 g/mol. The van der Waals surface area contributed by atoms with Crippen LogP contribution in [0.4, 0.5) is 0 Å². The molecule has 0 saturated carbocycles. The Morgan fingerprint density at radius 3 is 2.51 bits per heavy atom. The minimum atomic E-state index is -0.348. The fraction of sp³-hybridized carbons (Fsp3) is 0.241. The summed E-state index contributed by atoms with van der Waals surface area (Å²) in [6.07, 6.45) is 5.37. The van der Waals surface area contributed by atoms with E-state index in [0.29, 0.717) is 29.7 Å². The first kappa shape index (κ1) is 24.1. The van der Waals surface area contributed by atoms with E-state index in [9.17, 15) is 4.79 Å². The molecule has 0 amide bonds. The van der Waals surface area contributed by atoms with Gasteiger partial charge in [-0.2, -0.15) is 4.98 Å². The Morgan fingerprint density at radius 2 is 1.80 bits per heavy atom. The average Bonchev–Trinajstić information content (AvgIpc) is 2.88. The highest BCUT2D eigenvalue weighted by atomic mass is 16.7. The van der Waals surface area contributed by atoms with Gasteiger partial charge in [0.15, 0.2) is 6.79 Å². The van der Waals surface area contributed by atoms with E-state index >= 15 is 0 Å². The van der Waals surface area contributed by atoms with Crippen molar-refractivity contribution < 1.29 is 14.2 Å². The molecular formula is C29H28N2O4. The van der Waals surface area contributed by atoms with Crippen LogP contribution in [0.15, 0.2) is 71.5 Å². The highest BCUT2D eigenvalue weighted by molar-refractivity contribution is 5.93. The standard InChI is InChI=1S/C29H28N2O4/c1-5-16-34-24-14-15-26-25(17-24)28(22-12-10-21(11-13-22)20(2)3)30-29(32)31(26)18-23-8-6-7-9-27(23)35-19-33-4/h1,6-15,17,20H,16,18-19H2,2-4H3. The zero-order chi connectivity index (χ0) is 24.8. The first-order valence-electron chi connectivity index (χ1n) is 11.4. The molecule has 178 valence electrons. The molecule has 0 N–H and O–H groups in total. The van der Waals surface area contributed by atoms with Gasteiger partial charge in [0, 0.05) is 23.6 Å². The Labute approximate surface area is 205 Å². The van der Waals surface area contributed by atoms with Crippen LogP contribution in [0.5, 0.6) is 11.5 Å². The molecule has 0 aliphatic heterocycles. The summed E-state index contributed by atoms with van der Waals surface area (Å²) >= 11 is 0. The Kier molecular flexibility index (Phi) is 7.49. The van der Waals surface area contributed by atoms with E-state index in [1.807, 2.05) is 54.6 Å². The van der Waals surface area contributed by atoms with Crippen molar-refractivity contribution in [1.82, 2.24) is 9.55 Å². The molecule has 35 heavy (non-hydrogen) atoms. The van der Waals surface area contributed by atoms with Gasteiger partial charge in [-0.3, -0.25) is 4.57 Å². The summed E-state index contributed by atoms with van der Waals surface area (Å²) in [5.74, 6) is 4.16. The molecule has 0 aliphatic carbocycles. The molecule has 0 unspecified atom stereocenters. The minimum absolute atomic E-state index is 0.117. The number of rotatable bonds is 9. The van der Waals surface area contributed by atoms with Gasteiger partial charge in [0.2, 0.25) is 0 Å². The topological polar surface area (TPSA) is 62.6 Å². The van der Waals surface area contributed by atoms with Gasteiger partial charge in [-0.25, -0.2) is 4.79 Å². The maximum absolute atomic E-state index is 13.3. The van der Waals surface area contributed by atoms with Crippen LogP contribution in [0.3, 0.4) is 0 Å². The zero-order valence-electron chi connectivity index (χ0n) is 20.2. The van der Waals surface area contributed by atoms with Gasteiger partial charge < -0.3 is 14.2 Å². The largest absolute Gasteiger partial charge is 0.481 e. The van der Waals surface area contributed by atoms with E-state index < -0.39 is 0 Å². The van der Waals surface area contributed by atoms with Crippen molar-refractivity contribution in [2.45, 2.75) is 26.3 Å². The molecule has 1 aromatic heterocycles. The lowest BCUT2D eigenvalue weighted by molar-refractivity contribution is 0.0503. The van der Waals surface area contributed by atoms with Crippen molar-refractivity contribution >= 4 is 10.9 Å². The highest BCUT2D eigenvalue weighted by Gasteiger charge is 2.15. The van der Waals surface area contributed by atoms with Gasteiger partial charge in [-0.1, -0.05) is 62.2 Å². The van der Waals surface area contributed by atoms with Crippen molar-refractivity contribution in [3.63, 3.8) is 0 Å². The van der Waals surface area contributed by atoms with Crippen LogP contribution in [0.1, 0.15) is 30.9 Å². The molecular weight excluding hydrogens is 440 g/mol. The van der Waals surface area contributed by atoms with Crippen molar-refractivity contribution in [2.75, 3.05) is 20.5 Å². The summed E-state index contributed by atoms with van der Waals surface area (Å²) in [6, 6.07) is 21.3. The van der Waals surface area contributed by atoms with Gasteiger partial charge in [0.05, 0.1) is 17.8 Å². The molecule has 4 aromatic rings. The molecule has 0 radical (unpaired) electrons. The predicted octanol–water partition coefficient (Wildman–Crippen LogP) is 5.23. The van der Waals surface area contributed by atoms with Crippen LogP contribution in [0, 0.1) is 12.3 Å². The lowest BCUT2D eigenvalue weighted by Gasteiger charge is -2.16. The second kappa shape index (κ2) is 10.9. The summed E-state index contributed by atoms with van der Waals surface area (Å²) in [4.78, 5) is 17.8. The SMILES string of the molecule is C#CCOc1ccc2c(c1)c(-c1ccc(C(C)C)cc1)nc(=O)n2Cc1ccccc1OCOC. The molecule has 4 rings (SSSR count).